The van der Waals surface area contributed by atoms with Gasteiger partial charge in [-0.05, 0) is 13.0 Å². The van der Waals surface area contributed by atoms with Gasteiger partial charge in [0.2, 0.25) is 6.10 Å². The number of rotatable bonds is 3. The maximum absolute atomic E-state index is 13.8. The minimum Gasteiger partial charge on any atom is -0.461 e. The summed E-state index contributed by atoms with van der Waals surface area (Å²) < 4.78 is 36.5. The SMILES string of the molecule is CCOC(=O)C(F)(F)[C@H]1OC(=O)c2ccccc21. The fraction of sp³-hybridized carbons (Fsp3) is 0.333. The van der Waals surface area contributed by atoms with Crippen LogP contribution in [0.3, 0.4) is 0 Å². The van der Waals surface area contributed by atoms with Crippen LogP contribution in [-0.2, 0) is 14.3 Å². The van der Waals surface area contributed by atoms with Gasteiger partial charge < -0.3 is 9.47 Å². The fourth-order valence-corrected chi connectivity index (χ4v) is 1.75. The van der Waals surface area contributed by atoms with Gasteiger partial charge in [0.1, 0.15) is 0 Å². The van der Waals surface area contributed by atoms with Crippen molar-refractivity contribution in [3.05, 3.63) is 35.4 Å². The second kappa shape index (κ2) is 4.36. The molecule has 96 valence electrons. The van der Waals surface area contributed by atoms with Crippen molar-refractivity contribution < 1.29 is 27.8 Å². The Bertz CT molecular complexity index is 499. The van der Waals surface area contributed by atoms with Crippen LogP contribution >= 0.6 is 0 Å². The number of cyclic esters (lactones) is 1. The monoisotopic (exact) mass is 256 g/mol. The van der Waals surface area contributed by atoms with E-state index in [1.165, 1.54) is 31.2 Å². The lowest BCUT2D eigenvalue weighted by Gasteiger charge is -2.20. The molecule has 4 nitrogen and oxygen atoms in total. The van der Waals surface area contributed by atoms with Crippen LogP contribution in [-0.4, -0.2) is 24.5 Å². The van der Waals surface area contributed by atoms with Gasteiger partial charge in [0, 0.05) is 5.56 Å². The average molecular weight is 256 g/mol. The van der Waals surface area contributed by atoms with Crippen molar-refractivity contribution in [2.24, 2.45) is 0 Å². The van der Waals surface area contributed by atoms with Crippen molar-refractivity contribution in [2.45, 2.75) is 19.0 Å². The molecule has 0 saturated heterocycles. The Morgan fingerprint density at radius 2 is 2.11 bits per heavy atom. The van der Waals surface area contributed by atoms with Gasteiger partial charge in [-0.25, -0.2) is 9.59 Å². The molecule has 6 heteroatoms. The molecule has 0 amide bonds. The molecule has 0 unspecified atom stereocenters. The summed E-state index contributed by atoms with van der Waals surface area (Å²) in [5.74, 6) is -6.45. The smallest absolute Gasteiger partial charge is 0.382 e. The highest BCUT2D eigenvalue weighted by atomic mass is 19.3. The number of benzene rings is 1. The number of carbonyl (C=O) groups excluding carboxylic acids is 2. The molecule has 1 aliphatic heterocycles. The molecule has 0 aliphatic carbocycles. The topological polar surface area (TPSA) is 52.6 Å². The van der Waals surface area contributed by atoms with Crippen LogP contribution in [0.5, 0.6) is 0 Å². The van der Waals surface area contributed by atoms with E-state index in [-0.39, 0.29) is 17.7 Å². The summed E-state index contributed by atoms with van der Waals surface area (Å²) in [6, 6.07) is 5.73. The van der Waals surface area contributed by atoms with E-state index in [2.05, 4.69) is 9.47 Å². The number of alkyl halides is 2. The number of esters is 2. The molecule has 0 spiro atoms. The third-order valence-electron chi connectivity index (χ3n) is 2.56. The number of carbonyl (C=O) groups is 2. The van der Waals surface area contributed by atoms with Gasteiger partial charge in [0.25, 0.3) is 0 Å². The molecule has 1 aromatic carbocycles. The highest BCUT2D eigenvalue weighted by molar-refractivity contribution is 5.95. The first-order chi connectivity index (χ1) is 8.48. The molecular weight excluding hydrogens is 246 g/mol. The van der Waals surface area contributed by atoms with Gasteiger partial charge in [0.15, 0.2) is 0 Å². The van der Waals surface area contributed by atoms with Gasteiger partial charge in [-0.15, -0.1) is 0 Å². The summed E-state index contributed by atoms with van der Waals surface area (Å²) in [7, 11) is 0. The quantitative estimate of drug-likeness (QED) is 0.777. The van der Waals surface area contributed by atoms with E-state index in [1.54, 1.807) is 0 Å². The molecule has 0 fully saturated rings. The Morgan fingerprint density at radius 3 is 2.78 bits per heavy atom. The first-order valence-electron chi connectivity index (χ1n) is 5.33. The number of fused-ring (bicyclic) bond motifs is 1. The van der Waals surface area contributed by atoms with E-state index >= 15 is 0 Å². The normalized spacial score (nSPS) is 18.2. The molecule has 1 atom stereocenters. The van der Waals surface area contributed by atoms with E-state index < -0.39 is 24.0 Å². The summed E-state index contributed by atoms with van der Waals surface area (Å²) in [4.78, 5) is 22.6. The van der Waals surface area contributed by atoms with Crippen LogP contribution < -0.4 is 0 Å². The zero-order chi connectivity index (χ0) is 13.3. The molecule has 0 aromatic heterocycles. The number of ether oxygens (including phenoxy) is 2. The largest absolute Gasteiger partial charge is 0.461 e. The van der Waals surface area contributed by atoms with Gasteiger partial charge in [-0.3, -0.25) is 0 Å². The molecule has 18 heavy (non-hydrogen) atoms. The second-order valence-electron chi connectivity index (χ2n) is 3.72. The molecule has 0 bridgehead atoms. The highest BCUT2D eigenvalue weighted by Crippen LogP contribution is 2.42. The first-order valence-corrected chi connectivity index (χ1v) is 5.33. The minimum absolute atomic E-state index is 0.000512. The molecule has 0 N–H and O–H groups in total. The fourth-order valence-electron chi connectivity index (χ4n) is 1.75. The van der Waals surface area contributed by atoms with Gasteiger partial charge in [-0.2, -0.15) is 8.78 Å². The lowest BCUT2D eigenvalue weighted by molar-refractivity contribution is -0.188. The van der Waals surface area contributed by atoms with Crippen LogP contribution in [0.25, 0.3) is 0 Å². The Kier molecular flexibility index (Phi) is 3.02. The van der Waals surface area contributed by atoms with Crippen LogP contribution in [0.1, 0.15) is 28.9 Å². The summed E-state index contributed by atoms with van der Waals surface area (Å²) >= 11 is 0. The third kappa shape index (κ3) is 1.83. The summed E-state index contributed by atoms with van der Waals surface area (Å²) in [5.41, 5.74) is 0.0482. The van der Waals surface area contributed by atoms with Crippen LogP contribution in [0.2, 0.25) is 0 Å². The zero-order valence-corrected chi connectivity index (χ0v) is 9.48. The molecule has 0 saturated carbocycles. The Hall–Kier alpha value is -1.98. The summed E-state index contributed by atoms with van der Waals surface area (Å²) in [5, 5.41) is 0. The summed E-state index contributed by atoms with van der Waals surface area (Å²) in [6.45, 7) is 1.25. The Balaban J connectivity index is 2.36. The van der Waals surface area contributed by atoms with E-state index in [0.717, 1.165) is 0 Å². The first kappa shape index (κ1) is 12.5. The number of hydrogen-bond acceptors (Lipinski definition) is 4. The number of hydrogen-bond donors (Lipinski definition) is 0. The van der Waals surface area contributed by atoms with Gasteiger partial charge >= 0.3 is 17.9 Å². The van der Waals surface area contributed by atoms with E-state index in [1.807, 2.05) is 0 Å². The van der Waals surface area contributed by atoms with Crippen LogP contribution in [0.15, 0.2) is 24.3 Å². The van der Waals surface area contributed by atoms with Crippen LogP contribution in [0.4, 0.5) is 8.78 Å². The zero-order valence-electron chi connectivity index (χ0n) is 9.48. The molecular formula is C12H10F2O4. The Labute approximate surface area is 101 Å². The molecule has 0 radical (unpaired) electrons. The van der Waals surface area contributed by atoms with Crippen molar-refractivity contribution in [2.75, 3.05) is 6.61 Å². The lowest BCUT2D eigenvalue weighted by Crippen LogP contribution is -2.37. The van der Waals surface area contributed by atoms with E-state index in [0.29, 0.717) is 0 Å². The van der Waals surface area contributed by atoms with Crippen molar-refractivity contribution >= 4 is 11.9 Å². The van der Waals surface area contributed by atoms with Gasteiger partial charge in [-0.1, -0.05) is 18.2 Å². The molecule has 1 aliphatic rings. The maximum Gasteiger partial charge on any atom is 0.382 e. The molecule has 1 heterocycles. The predicted octanol–water partition coefficient (Wildman–Crippen LogP) is 2.10. The number of halogens is 2. The van der Waals surface area contributed by atoms with Crippen molar-refractivity contribution in [3.63, 3.8) is 0 Å². The summed E-state index contributed by atoms with van der Waals surface area (Å²) in [6.07, 6.45) is -1.92. The van der Waals surface area contributed by atoms with Crippen molar-refractivity contribution in [3.8, 4) is 0 Å². The minimum atomic E-state index is -3.89. The third-order valence-corrected chi connectivity index (χ3v) is 2.56. The molecule has 2 rings (SSSR count). The average Bonchev–Trinajstić information content (AvgIpc) is 2.68. The van der Waals surface area contributed by atoms with Crippen LogP contribution in [0, 0.1) is 0 Å². The van der Waals surface area contributed by atoms with E-state index in [9.17, 15) is 18.4 Å². The van der Waals surface area contributed by atoms with Crippen molar-refractivity contribution in [1.82, 2.24) is 0 Å². The standard InChI is InChI=1S/C12H10F2O4/c1-2-17-11(16)12(13,14)9-7-5-3-4-6-8(7)10(15)18-9/h3-6,9H,2H2,1H3/t9-/m0/s1. The maximum atomic E-state index is 13.8. The molecule has 1 aromatic rings. The van der Waals surface area contributed by atoms with Crippen molar-refractivity contribution in [1.29, 1.82) is 0 Å². The lowest BCUT2D eigenvalue weighted by atomic mass is 10.0. The second-order valence-corrected chi connectivity index (χ2v) is 3.72. The van der Waals surface area contributed by atoms with E-state index in [4.69, 9.17) is 0 Å². The predicted molar refractivity (Wildman–Crippen MR) is 56.2 cm³/mol. The van der Waals surface area contributed by atoms with Gasteiger partial charge in [0.05, 0.1) is 12.2 Å². The Morgan fingerprint density at radius 1 is 1.44 bits per heavy atom. The highest BCUT2D eigenvalue weighted by Gasteiger charge is 2.55.